The second kappa shape index (κ2) is 11.8. The van der Waals surface area contributed by atoms with E-state index in [1.54, 1.807) is 0 Å². The molecule has 1 aromatic rings. The minimum atomic E-state index is -3.58. The summed E-state index contributed by atoms with van der Waals surface area (Å²) in [5.74, 6) is 2.04. The van der Waals surface area contributed by atoms with Gasteiger partial charge >= 0.3 is 5.70 Å². The molecule has 4 saturated carbocycles. The SMILES string of the molecule is CC1(C)[C@@H]2CC[C@@]1(CS(=O)(=O)N(C1CCCCC1)C1CCCCC1)[C@H](O[C@@H]1C[C@H](c3ccccc3)C(=C=[N-])[N+](=O)O1)C2. The fraction of sp³-hybridized carbons (Fsp3) is 0.758. The zero-order chi connectivity index (χ0) is 29.5. The number of nitrogens with zero attached hydrogens (tertiary/aromatic N) is 3. The fourth-order valence-corrected chi connectivity index (χ4v) is 12.2. The van der Waals surface area contributed by atoms with E-state index in [4.69, 9.17) is 9.57 Å². The maximum atomic E-state index is 14.7. The van der Waals surface area contributed by atoms with Gasteiger partial charge in [0.25, 0.3) is 11.2 Å². The van der Waals surface area contributed by atoms with E-state index in [0.29, 0.717) is 17.3 Å². The van der Waals surface area contributed by atoms with E-state index < -0.39 is 27.6 Å². The lowest BCUT2D eigenvalue weighted by Gasteiger charge is -2.46. The maximum absolute atomic E-state index is 14.7. The van der Waals surface area contributed by atoms with Gasteiger partial charge in [-0.1, -0.05) is 82.7 Å². The van der Waals surface area contributed by atoms with Crippen molar-refractivity contribution in [2.24, 2.45) is 16.7 Å². The van der Waals surface area contributed by atoms with Crippen LogP contribution < -0.4 is 0 Å². The number of hydrogen-bond acceptors (Lipinski definition) is 5. The lowest BCUT2D eigenvalue weighted by atomic mass is 9.69. The molecule has 5 fully saturated rings. The molecule has 0 radical (unpaired) electrons. The first-order valence-electron chi connectivity index (χ1n) is 16.3. The Morgan fingerprint density at radius 1 is 0.976 bits per heavy atom. The quantitative estimate of drug-likeness (QED) is 0.306. The Balaban J connectivity index is 1.28. The lowest BCUT2D eigenvalue weighted by Crippen LogP contribution is -2.55. The van der Waals surface area contributed by atoms with Gasteiger partial charge in [-0.3, -0.25) is 0 Å². The number of sulfonamides is 1. The van der Waals surface area contributed by atoms with Crippen molar-refractivity contribution in [3.05, 3.63) is 51.9 Å². The molecule has 6 rings (SSSR count). The smallest absolute Gasteiger partial charge is 0.320 e. The topological polar surface area (TPSA) is 98.2 Å². The minimum absolute atomic E-state index is 0.0159. The van der Waals surface area contributed by atoms with Gasteiger partial charge in [-0.2, -0.15) is 15.0 Å². The predicted molar refractivity (Wildman–Crippen MR) is 162 cm³/mol. The average Bonchev–Trinajstić information content (AvgIpc) is 3.33. The van der Waals surface area contributed by atoms with Gasteiger partial charge in [0.1, 0.15) is 0 Å². The van der Waals surface area contributed by atoms with E-state index in [1.165, 1.54) is 12.8 Å². The van der Waals surface area contributed by atoms with Crippen LogP contribution in [0.4, 0.5) is 0 Å². The minimum Gasteiger partial charge on any atom is -0.758 e. The van der Waals surface area contributed by atoms with Gasteiger partial charge in [-0.25, -0.2) is 8.42 Å². The van der Waals surface area contributed by atoms with Crippen LogP contribution >= 0.6 is 0 Å². The van der Waals surface area contributed by atoms with Crippen molar-refractivity contribution in [3.8, 4) is 0 Å². The summed E-state index contributed by atoms with van der Waals surface area (Å²) in [5.41, 5.74) is 0.107. The third-order valence-corrected chi connectivity index (χ3v) is 13.9. The van der Waals surface area contributed by atoms with Gasteiger partial charge in [0, 0.05) is 23.9 Å². The van der Waals surface area contributed by atoms with Crippen molar-refractivity contribution >= 4 is 15.9 Å². The molecule has 1 aliphatic heterocycles. The normalized spacial score (nSPS) is 34.0. The number of fused-ring (bicyclic) bond motifs is 2. The molecule has 1 heterocycles. The van der Waals surface area contributed by atoms with Crippen LogP contribution in [0.25, 0.3) is 5.41 Å². The monoisotopic (exact) mass is 597 g/mol. The van der Waals surface area contributed by atoms with Gasteiger partial charge in [0.2, 0.25) is 10.0 Å². The van der Waals surface area contributed by atoms with Crippen LogP contribution in [0.2, 0.25) is 0 Å². The second-order valence-corrected chi connectivity index (χ2v) is 16.0. The summed E-state index contributed by atoms with van der Waals surface area (Å²) < 4.78 is 38.1. The second-order valence-electron chi connectivity index (χ2n) is 14.1. The van der Waals surface area contributed by atoms with Crippen LogP contribution in [0.3, 0.4) is 0 Å². The summed E-state index contributed by atoms with van der Waals surface area (Å²) >= 11 is 0. The molecule has 0 unspecified atom stereocenters. The van der Waals surface area contributed by atoms with E-state index in [1.807, 2.05) is 40.5 Å². The lowest BCUT2D eigenvalue weighted by molar-refractivity contribution is -0.801. The number of benzene rings is 1. The molecule has 1 aromatic carbocycles. The Labute approximate surface area is 251 Å². The van der Waals surface area contributed by atoms with Crippen molar-refractivity contribution in [1.82, 2.24) is 4.31 Å². The predicted octanol–water partition coefficient (Wildman–Crippen LogP) is 6.84. The third-order valence-electron chi connectivity index (χ3n) is 11.8. The molecule has 0 amide bonds. The van der Waals surface area contributed by atoms with Crippen molar-refractivity contribution < 1.29 is 22.9 Å². The Bertz CT molecular complexity index is 1280. The first kappa shape index (κ1) is 30.0. The van der Waals surface area contributed by atoms with E-state index >= 15 is 0 Å². The standard InChI is InChI=1S/C33H47N3O5S/c1-32(2)25-18-19-33(32,23-42(38,39)35(26-14-8-4-9-15-26)27-16-10-5-11-17-27)30(20-25)40-31-21-28(24-12-6-3-7-13-24)29(22-34)36(37)41-31/h3,6-7,12-13,25-28,30-31H,4-5,8-11,14-21,23H2,1-2H3/t25-,28-,30-,31+,33-/m1/s1. The van der Waals surface area contributed by atoms with E-state index in [2.05, 4.69) is 13.8 Å². The van der Waals surface area contributed by atoms with Crippen molar-refractivity contribution in [3.63, 3.8) is 0 Å². The Hall–Kier alpha value is -2.06. The Morgan fingerprint density at radius 2 is 1.60 bits per heavy atom. The summed E-state index contributed by atoms with van der Waals surface area (Å²) in [6, 6.07) is 9.73. The van der Waals surface area contributed by atoms with E-state index in [9.17, 15) is 18.7 Å². The van der Waals surface area contributed by atoms with Gasteiger partial charge < -0.3 is 10.1 Å². The van der Waals surface area contributed by atoms with Gasteiger partial charge in [0.05, 0.1) is 22.7 Å². The largest absolute Gasteiger partial charge is 0.758 e. The molecule has 5 aliphatic rings. The molecule has 230 valence electrons. The molecule has 0 N–H and O–H groups in total. The summed E-state index contributed by atoms with van der Waals surface area (Å²) in [6.07, 6.45) is 12.3. The van der Waals surface area contributed by atoms with Crippen LogP contribution in [0, 0.1) is 21.7 Å². The molecule has 0 aromatic heterocycles. The van der Waals surface area contributed by atoms with E-state index in [0.717, 1.165) is 76.2 Å². The van der Waals surface area contributed by atoms with Crippen LogP contribution in [0.15, 0.2) is 36.0 Å². The van der Waals surface area contributed by atoms with Crippen LogP contribution in [-0.4, -0.2) is 53.7 Å². The van der Waals surface area contributed by atoms with Gasteiger partial charge in [-0.15, -0.1) is 0 Å². The number of allylic oxidation sites excluding steroid dienone is 1. The molecule has 5 atom stereocenters. The van der Waals surface area contributed by atoms with Crippen molar-refractivity contribution in [2.45, 2.75) is 134 Å². The molecular formula is C33H47N3O5S. The van der Waals surface area contributed by atoms with Crippen molar-refractivity contribution in [2.75, 3.05) is 5.75 Å². The molecule has 8 nitrogen and oxygen atoms in total. The summed E-state index contributed by atoms with van der Waals surface area (Å²) in [7, 11) is -3.58. The van der Waals surface area contributed by atoms with Crippen LogP contribution in [-0.2, 0) is 19.6 Å². The molecule has 2 bridgehead atoms. The number of rotatable bonds is 8. The Kier molecular flexibility index (Phi) is 8.42. The molecule has 9 heteroatoms. The van der Waals surface area contributed by atoms with Gasteiger partial charge in [0.15, 0.2) is 0 Å². The highest BCUT2D eigenvalue weighted by atomic mass is 32.2. The molecule has 42 heavy (non-hydrogen) atoms. The Morgan fingerprint density at radius 3 is 2.17 bits per heavy atom. The van der Waals surface area contributed by atoms with Crippen LogP contribution in [0.5, 0.6) is 0 Å². The summed E-state index contributed by atoms with van der Waals surface area (Å²) in [6.45, 7) is 4.45. The van der Waals surface area contributed by atoms with Crippen molar-refractivity contribution in [1.29, 1.82) is 0 Å². The first-order valence-corrected chi connectivity index (χ1v) is 17.9. The molecular weight excluding hydrogens is 550 g/mol. The number of ether oxygens (including phenoxy) is 1. The molecule has 4 aliphatic carbocycles. The van der Waals surface area contributed by atoms with Crippen LogP contribution in [0.1, 0.15) is 115 Å². The number of hydrogen-bond donors (Lipinski definition) is 0. The van der Waals surface area contributed by atoms with Gasteiger partial charge in [-0.05, 0) is 61.8 Å². The molecule has 1 saturated heterocycles. The summed E-state index contributed by atoms with van der Waals surface area (Å²) in [4.78, 5) is 18.8. The van der Waals surface area contributed by atoms with E-state index in [-0.39, 0.29) is 35.1 Å². The summed E-state index contributed by atoms with van der Waals surface area (Å²) in [5, 5.41) is 9.73. The zero-order valence-electron chi connectivity index (χ0n) is 25.2. The highest BCUT2D eigenvalue weighted by molar-refractivity contribution is 7.89. The highest BCUT2D eigenvalue weighted by Crippen LogP contribution is 2.67. The third kappa shape index (κ3) is 5.29. The molecule has 0 spiro atoms. The zero-order valence-corrected chi connectivity index (χ0v) is 26.1. The fourth-order valence-electron chi connectivity index (χ4n) is 9.35. The maximum Gasteiger partial charge on any atom is 0.320 e. The first-order chi connectivity index (χ1) is 20.2. The highest BCUT2D eigenvalue weighted by Gasteiger charge is 2.67. The average molecular weight is 598 g/mol.